The second-order valence-corrected chi connectivity index (χ2v) is 4.07. The number of para-hydroxylation sites is 1. The van der Waals surface area contributed by atoms with E-state index in [1.165, 1.54) is 0 Å². The van der Waals surface area contributed by atoms with Gasteiger partial charge in [-0.25, -0.2) is 0 Å². The zero-order valence-corrected chi connectivity index (χ0v) is 10.1. The zero-order valence-electron chi connectivity index (χ0n) is 10.1. The highest BCUT2D eigenvalue weighted by molar-refractivity contribution is 5.90. The second-order valence-electron chi connectivity index (χ2n) is 4.07. The molecule has 0 aromatic heterocycles. The number of carbonyl (C=O) groups excluding carboxylic acids is 1. The van der Waals surface area contributed by atoms with E-state index < -0.39 is 0 Å². The molecule has 1 unspecified atom stereocenters. The predicted octanol–water partition coefficient (Wildman–Crippen LogP) is 3.35. The maximum Gasteiger partial charge on any atom is 0.224 e. The number of benzene rings is 1. The molecule has 1 amide bonds. The number of rotatable bonds is 6. The van der Waals surface area contributed by atoms with Gasteiger partial charge in [-0.3, -0.25) is 4.79 Å². The summed E-state index contributed by atoms with van der Waals surface area (Å²) in [6.45, 7) is 2.05. The molecule has 17 heavy (non-hydrogen) atoms. The fourth-order valence-corrected chi connectivity index (χ4v) is 1.67. The first-order valence-electron chi connectivity index (χ1n) is 6.00. The first-order valence-corrected chi connectivity index (χ1v) is 6.00. The van der Waals surface area contributed by atoms with E-state index in [1.807, 2.05) is 37.3 Å². The van der Waals surface area contributed by atoms with Crippen molar-refractivity contribution in [2.45, 2.75) is 32.6 Å². The molecule has 0 radical (unpaired) electrons. The summed E-state index contributed by atoms with van der Waals surface area (Å²) >= 11 is 0. The Morgan fingerprint density at radius 3 is 2.65 bits per heavy atom. The Balaban J connectivity index is 2.33. The van der Waals surface area contributed by atoms with Gasteiger partial charge in [-0.05, 0) is 25.0 Å². The van der Waals surface area contributed by atoms with Crippen LogP contribution in [0, 0.1) is 17.2 Å². The number of nitrogens with zero attached hydrogens (tertiary/aromatic N) is 1. The maximum absolute atomic E-state index is 11.6. The van der Waals surface area contributed by atoms with Gasteiger partial charge in [0.25, 0.3) is 0 Å². The molecule has 0 aliphatic carbocycles. The molecule has 0 bridgehead atoms. The van der Waals surface area contributed by atoms with Crippen LogP contribution in [0.1, 0.15) is 32.6 Å². The van der Waals surface area contributed by atoms with Crippen molar-refractivity contribution in [2.75, 3.05) is 5.32 Å². The molecule has 0 saturated carbocycles. The molecule has 0 heterocycles. The summed E-state index contributed by atoms with van der Waals surface area (Å²) in [5.41, 5.74) is 0.807. The van der Waals surface area contributed by atoms with Crippen LogP contribution in [0.3, 0.4) is 0 Å². The summed E-state index contributed by atoms with van der Waals surface area (Å²) in [6, 6.07) is 11.6. The Kier molecular flexibility index (Phi) is 5.81. The summed E-state index contributed by atoms with van der Waals surface area (Å²) in [5.74, 6) is -0.0194. The summed E-state index contributed by atoms with van der Waals surface area (Å²) in [6.07, 6.45) is 2.91. The predicted molar refractivity (Wildman–Crippen MR) is 68.3 cm³/mol. The summed E-state index contributed by atoms with van der Waals surface area (Å²) < 4.78 is 0. The third-order valence-electron chi connectivity index (χ3n) is 2.60. The third kappa shape index (κ3) is 5.17. The van der Waals surface area contributed by atoms with E-state index in [9.17, 15) is 4.79 Å². The van der Waals surface area contributed by atoms with E-state index in [4.69, 9.17) is 5.26 Å². The van der Waals surface area contributed by atoms with Gasteiger partial charge in [0.05, 0.1) is 6.07 Å². The van der Waals surface area contributed by atoms with E-state index >= 15 is 0 Å². The monoisotopic (exact) mass is 230 g/mol. The van der Waals surface area contributed by atoms with E-state index in [-0.39, 0.29) is 11.8 Å². The molecule has 0 spiro atoms. The molecule has 0 saturated heterocycles. The molecule has 0 fully saturated rings. The number of hydrogen-bond donors (Lipinski definition) is 1. The van der Waals surface area contributed by atoms with Crippen molar-refractivity contribution in [3.05, 3.63) is 30.3 Å². The lowest BCUT2D eigenvalue weighted by atomic mass is 9.99. The molecule has 0 aliphatic heterocycles. The Morgan fingerprint density at radius 1 is 1.35 bits per heavy atom. The van der Waals surface area contributed by atoms with Gasteiger partial charge in [-0.1, -0.05) is 31.5 Å². The van der Waals surface area contributed by atoms with Gasteiger partial charge in [-0.2, -0.15) is 5.26 Å². The lowest BCUT2D eigenvalue weighted by Crippen LogP contribution is -2.12. The number of amides is 1. The topological polar surface area (TPSA) is 52.9 Å². The molecule has 1 aromatic rings. The zero-order chi connectivity index (χ0) is 12.5. The number of carbonyl (C=O) groups is 1. The van der Waals surface area contributed by atoms with Gasteiger partial charge < -0.3 is 5.32 Å². The first-order chi connectivity index (χ1) is 8.26. The van der Waals surface area contributed by atoms with Gasteiger partial charge in [-0.15, -0.1) is 0 Å². The van der Waals surface area contributed by atoms with Crippen LogP contribution in [0.2, 0.25) is 0 Å². The molecule has 90 valence electrons. The molecule has 1 atom stereocenters. The summed E-state index contributed by atoms with van der Waals surface area (Å²) in [5, 5.41) is 11.7. The van der Waals surface area contributed by atoms with Crippen LogP contribution in [-0.2, 0) is 4.79 Å². The fourth-order valence-electron chi connectivity index (χ4n) is 1.67. The van der Waals surface area contributed by atoms with E-state index in [1.54, 1.807) is 0 Å². The van der Waals surface area contributed by atoms with Gasteiger partial charge in [0.15, 0.2) is 0 Å². The largest absolute Gasteiger partial charge is 0.326 e. The highest BCUT2D eigenvalue weighted by Crippen LogP contribution is 2.13. The van der Waals surface area contributed by atoms with Crippen LogP contribution < -0.4 is 5.32 Å². The van der Waals surface area contributed by atoms with E-state index in [2.05, 4.69) is 11.4 Å². The lowest BCUT2D eigenvalue weighted by Gasteiger charge is -2.08. The SMILES string of the molecule is CCCC(C#N)CCC(=O)Nc1ccccc1. The van der Waals surface area contributed by atoms with Crippen molar-refractivity contribution in [1.29, 1.82) is 5.26 Å². The molecule has 0 aliphatic rings. The minimum absolute atomic E-state index is 0.00141. The van der Waals surface area contributed by atoms with Gasteiger partial charge >= 0.3 is 0 Å². The molecule has 1 N–H and O–H groups in total. The summed E-state index contributed by atoms with van der Waals surface area (Å²) in [4.78, 5) is 11.6. The van der Waals surface area contributed by atoms with E-state index in [0.717, 1.165) is 18.5 Å². The Hall–Kier alpha value is -1.82. The van der Waals surface area contributed by atoms with Crippen LogP contribution in [0.25, 0.3) is 0 Å². The standard InChI is InChI=1S/C14H18N2O/c1-2-6-12(11-15)9-10-14(17)16-13-7-4-3-5-8-13/h3-5,7-8,12H,2,6,9-10H2,1H3,(H,16,17). The number of nitriles is 1. The van der Waals surface area contributed by atoms with E-state index in [0.29, 0.717) is 12.8 Å². The van der Waals surface area contributed by atoms with Crippen molar-refractivity contribution in [2.24, 2.45) is 5.92 Å². The number of anilines is 1. The summed E-state index contributed by atoms with van der Waals surface area (Å²) in [7, 11) is 0. The Bertz CT molecular complexity index is 381. The van der Waals surface area contributed by atoms with Crippen LogP contribution in [0.15, 0.2) is 30.3 Å². The Labute approximate surface area is 102 Å². The quantitative estimate of drug-likeness (QED) is 0.814. The highest BCUT2D eigenvalue weighted by atomic mass is 16.1. The number of nitrogens with one attached hydrogen (secondary N) is 1. The normalized spacial score (nSPS) is 11.5. The van der Waals surface area contributed by atoms with Crippen molar-refractivity contribution in [3.63, 3.8) is 0 Å². The lowest BCUT2D eigenvalue weighted by molar-refractivity contribution is -0.116. The third-order valence-corrected chi connectivity index (χ3v) is 2.60. The van der Waals surface area contributed by atoms with Crippen molar-refractivity contribution < 1.29 is 4.79 Å². The number of hydrogen-bond acceptors (Lipinski definition) is 2. The van der Waals surface area contributed by atoms with Gasteiger partial charge in [0.2, 0.25) is 5.91 Å². The molecule has 1 rings (SSSR count). The van der Waals surface area contributed by atoms with Crippen LogP contribution in [0.5, 0.6) is 0 Å². The van der Waals surface area contributed by atoms with Gasteiger partial charge in [0, 0.05) is 18.0 Å². The van der Waals surface area contributed by atoms with Crippen molar-refractivity contribution in [1.82, 2.24) is 0 Å². The first kappa shape index (κ1) is 13.2. The molecular formula is C14H18N2O. The molecule has 3 heteroatoms. The maximum atomic E-state index is 11.6. The van der Waals surface area contributed by atoms with Crippen LogP contribution >= 0.6 is 0 Å². The van der Waals surface area contributed by atoms with Crippen LogP contribution in [-0.4, -0.2) is 5.91 Å². The van der Waals surface area contributed by atoms with Crippen LogP contribution in [0.4, 0.5) is 5.69 Å². The molecule has 3 nitrogen and oxygen atoms in total. The minimum atomic E-state index is -0.0208. The average molecular weight is 230 g/mol. The fraction of sp³-hybridized carbons (Fsp3) is 0.429. The smallest absolute Gasteiger partial charge is 0.224 e. The molecular weight excluding hydrogens is 212 g/mol. The average Bonchev–Trinajstić information content (AvgIpc) is 2.35. The molecule has 1 aromatic carbocycles. The Morgan fingerprint density at radius 2 is 2.06 bits per heavy atom. The van der Waals surface area contributed by atoms with Crippen molar-refractivity contribution in [3.8, 4) is 6.07 Å². The van der Waals surface area contributed by atoms with Crippen molar-refractivity contribution >= 4 is 11.6 Å². The highest BCUT2D eigenvalue weighted by Gasteiger charge is 2.09. The van der Waals surface area contributed by atoms with Gasteiger partial charge in [0.1, 0.15) is 0 Å². The minimum Gasteiger partial charge on any atom is -0.326 e. The second kappa shape index (κ2) is 7.45.